The van der Waals surface area contributed by atoms with Crippen LogP contribution in [0.2, 0.25) is 0 Å². The average molecular weight is 325 g/mol. The molecule has 0 radical (unpaired) electrons. The predicted octanol–water partition coefficient (Wildman–Crippen LogP) is 2.62. The molecule has 3 rings (SSSR count). The molecule has 19 heavy (non-hydrogen) atoms. The summed E-state index contributed by atoms with van der Waals surface area (Å²) in [6, 6.07) is 7.05. The number of anilines is 1. The second-order valence-corrected chi connectivity index (χ2v) is 6.42. The molecule has 1 N–H and O–H groups in total. The van der Waals surface area contributed by atoms with Crippen molar-refractivity contribution in [3.8, 4) is 0 Å². The van der Waals surface area contributed by atoms with Crippen LogP contribution < -0.4 is 4.90 Å². The molecule has 2 heterocycles. The van der Waals surface area contributed by atoms with E-state index in [-0.39, 0.29) is 6.61 Å². The predicted molar refractivity (Wildman–Crippen MR) is 81.5 cm³/mol. The first kappa shape index (κ1) is 13.4. The van der Waals surface area contributed by atoms with Gasteiger partial charge in [-0.3, -0.25) is 4.90 Å². The maximum absolute atomic E-state index is 9.24. The van der Waals surface area contributed by atoms with Gasteiger partial charge in [0.05, 0.1) is 6.61 Å². The lowest BCUT2D eigenvalue weighted by atomic mass is 10.1. The maximum atomic E-state index is 9.24. The molecule has 2 saturated heterocycles. The lowest BCUT2D eigenvalue weighted by Gasteiger charge is -2.27. The van der Waals surface area contributed by atoms with Crippen molar-refractivity contribution in [2.45, 2.75) is 31.9 Å². The molecule has 1 unspecified atom stereocenters. The Hall–Kier alpha value is -0.580. The van der Waals surface area contributed by atoms with Crippen molar-refractivity contribution in [2.24, 2.45) is 0 Å². The molecule has 3 nitrogen and oxygen atoms in total. The van der Waals surface area contributed by atoms with Crippen LogP contribution in [0.25, 0.3) is 0 Å². The van der Waals surface area contributed by atoms with Crippen LogP contribution in [-0.4, -0.2) is 42.2 Å². The van der Waals surface area contributed by atoms with Crippen molar-refractivity contribution in [1.29, 1.82) is 0 Å². The Kier molecular flexibility index (Phi) is 4.10. The largest absolute Gasteiger partial charge is 0.392 e. The molecule has 1 aromatic rings. The summed E-state index contributed by atoms with van der Waals surface area (Å²) in [7, 11) is 0. The first-order valence-corrected chi connectivity index (χ1v) is 7.95. The van der Waals surface area contributed by atoms with E-state index in [4.69, 9.17) is 0 Å². The van der Waals surface area contributed by atoms with Crippen molar-refractivity contribution >= 4 is 21.6 Å². The summed E-state index contributed by atoms with van der Waals surface area (Å²) in [5.74, 6) is 0. The Bertz CT molecular complexity index is 452. The lowest BCUT2D eigenvalue weighted by molar-refractivity contribution is 0.273. The maximum Gasteiger partial charge on any atom is 0.0692 e. The SMILES string of the molecule is OCc1ccc(N2CCCN3CCCC3C2)cc1Br. The van der Waals surface area contributed by atoms with E-state index in [1.54, 1.807) is 0 Å². The third kappa shape index (κ3) is 2.81. The van der Waals surface area contributed by atoms with Crippen molar-refractivity contribution in [3.05, 3.63) is 28.2 Å². The van der Waals surface area contributed by atoms with Gasteiger partial charge in [0.15, 0.2) is 0 Å². The van der Waals surface area contributed by atoms with Crippen molar-refractivity contribution < 1.29 is 5.11 Å². The molecule has 2 fully saturated rings. The van der Waals surface area contributed by atoms with Gasteiger partial charge in [-0.2, -0.15) is 0 Å². The molecule has 0 aliphatic carbocycles. The zero-order chi connectivity index (χ0) is 13.2. The van der Waals surface area contributed by atoms with Gasteiger partial charge in [-0.15, -0.1) is 0 Å². The number of aliphatic hydroxyl groups excluding tert-OH is 1. The van der Waals surface area contributed by atoms with Crippen LogP contribution in [0.3, 0.4) is 0 Å². The molecular weight excluding hydrogens is 304 g/mol. The van der Waals surface area contributed by atoms with Gasteiger partial charge >= 0.3 is 0 Å². The van der Waals surface area contributed by atoms with Crippen LogP contribution in [-0.2, 0) is 6.61 Å². The number of aliphatic hydroxyl groups is 1. The molecule has 104 valence electrons. The smallest absolute Gasteiger partial charge is 0.0692 e. The fraction of sp³-hybridized carbons (Fsp3) is 0.600. The minimum Gasteiger partial charge on any atom is -0.392 e. The fourth-order valence-corrected chi connectivity index (χ4v) is 3.79. The number of nitrogens with zero attached hydrogens (tertiary/aromatic N) is 2. The van der Waals surface area contributed by atoms with E-state index in [1.165, 1.54) is 38.0 Å². The first-order valence-electron chi connectivity index (χ1n) is 7.16. The average Bonchev–Trinajstić information content (AvgIpc) is 2.76. The van der Waals surface area contributed by atoms with E-state index >= 15 is 0 Å². The van der Waals surface area contributed by atoms with Gasteiger partial charge in [0.2, 0.25) is 0 Å². The van der Waals surface area contributed by atoms with Gasteiger partial charge in [-0.05, 0) is 43.5 Å². The lowest BCUT2D eigenvalue weighted by Crippen LogP contribution is -2.36. The van der Waals surface area contributed by atoms with E-state index in [1.807, 2.05) is 6.07 Å². The third-order valence-corrected chi connectivity index (χ3v) is 5.11. The van der Waals surface area contributed by atoms with Crippen LogP contribution in [0.5, 0.6) is 0 Å². The number of hydrogen-bond donors (Lipinski definition) is 1. The summed E-state index contributed by atoms with van der Waals surface area (Å²) in [5, 5.41) is 9.24. The van der Waals surface area contributed by atoms with Crippen molar-refractivity contribution in [1.82, 2.24) is 4.90 Å². The Labute approximate surface area is 123 Å². The van der Waals surface area contributed by atoms with Gasteiger partial charge in [0, 0.05) is 35.8 Å². The quantitative estimate of drug-likeness (QED) is 0.905. The van der Waals surface area contributed by atoms with Gasteiger partial charge in [-0.25, -0.2) is 0 Å². The van der Waals surface area contributed by atoms with E-state index in [9.17, 15) is 5.11 Å². The Morgan fingerprint density at radius 3 is 2.84 bits per heavy atom. The van der Waals surface area contributed by atoms with Crippen LogP contribution >= 0.6 is 15.9 Å². The van der Waals surface area contributed by atoms with Crippen molar-refractivity contribution in [3.63, 3.8) is 0 Å². The molecule has 0 bridgehead atoms. The van der Waals surface area contributed by atoms with Crippen LogP contribution in [0.4, 0.5) is 5.69 Å². The highest BCUT2D eigenvalue weighted by Gasteiger charge is 2.28. The summed E-state index contributed by atoms with van der Waals surface area (Å²) in [6.07, 6.45) is 3.94. The van der Waals surface area contributed by atoms with Gasteiger partial charge in [0.1, 0.15) is 0 Å². The molecule has 1 aromatic carbocycles. The summed E-state index contributed by atoms with van der Waals surface area (Å²) in [5.41, 5.74) is 2.24. The standard InChI is InChI=1S/C15H21BrN2O/c16-15-9-13(5-4-12(15)11-19)18-8-2-7-17-6-1-3-14(17)10-18/h4-5,9,14,19H,1-3,6-8,10-11H2. The first-order chi connectivity index (χ1) is 9.28. The molecule has 0 aromatic heterocycles. The van der Waals surface area contributed by atoms with E-state index in [0.717, 1.165) is 29.2 Å². The zero-order valence-corrected chi connectivity index (χ0v) is 12.8. The molecule has 2 aliphatic heterocycles. The second kappa shape index (κ2) is 5.81. The van der Waals surface area contributed by atoms with Crippen LogP contribution in [0.15, 0.2) is 22.7 Å². The topological polar surface area (TPSA) is 26.7 Å². The number of halogens is 1. The molecule has 0 amide bonds. The van der Waals surface area contributed by atoms with E-state index < -0.39 is 0 Å². The monoisotopic (exact) mass is 324 g/mol. The third-order valence-electron chi connectivity index (χ3n) is 4.38. The Morgan fingerprint density at radius 1 is 1.21 bits per heavy atom. The van der Waals surface area contributed by atoms with Crippen LogP contribution in [0.1, 0.15) is 24.8 Å². The highest BCUT2D eigenvalue weighted by Crippen LogP contribution is 2.28. The molecule has 1 atom stereocenters. The minimum absolute atomic E-state index is 0.0945. The second-order valence-electron chi connectivity index (χ2n) is 5.57. The van der Waals surface area contributed by atoms with E-state index in [2.05, 4.69) is 37.9 Å². The van der Waals surface area contributed by atoms with Crippen molar-refractivity contribution in [2.75, 3.05) is 31.1 Å². The Balaban J connectivity index is 1.79. The number of fused-ring (bicyclic) bond motifs is 1. The summed E-state index contributed by atoms with van der Waals surface area (Å²) < 4.78 is 1.01. The van der Waals surface area contributed by atoms with Gasteiger partial charge < -0.3 is 10.0 Å². The molecule has 0 spiro atoms. The molecule has 4 heteroatoms. The van der Waals surface area contributed by atoms with Gasteiger partial charge in [-0.1, -0.05) is 22.0 Å². The minimum atomic E-state index is 0.0945. The highest BCUT2D eigenvalue weighted by atomic mass is 79.9. The number of benzene rings is 1. The fourth-order valence-electron chi connectivity index (χ4n) is 3.30. The molecule has 0 saturated carbocycles. The summed E-state index contributed by atoms with van der Waals surface area (Å²) >= 11 is 3.55. The molecule has 2 aliphatic rings. The normalized spacial score (nSPS) is 24.3. The molecular formula is C15H21BrN2O. The number of hydrogen-bond acceptors (Lipinski definition) is 3. The number of rotatable bonds is 2. The Morgan fingerprint density at radius 2 is 2.05 bits per heavy atom. The zero-order valence-electron chi connectivity index (χ0n) is 11.2. The summed E-state index contributed by atoms with van der Waals surface area (Å²) in [4.78, 5) is 5.15. The van der Waals surface area contributed by atoms with Crippen LogP contribution in [0, 0.1) is 0 Å². The van der Waals surface area contributed by atoms with E-state index in [0.29, 0.717) is 0 Å². The highest BCUT2D eigenvalue weighted by molar-refractivity contribution is 9.10. The van der Waals surface area contributed by atoms with Gasteiger partial charge in [0.25, 0.3) is 0 Å². The summed E-state index contributed by atoms with van der Waals surface area (Å²) in [6.45, 7) is 4.91.